The third-order valence-corrected chi connectivity index (χ3v) is 7.67. The molecule has 0 spiro atoms. The fourth-order valence-electron chi connectivity index (χ4n) is 3.94. The Balaban J connectivity index is 1.26. The zero-order valence-electron chi connectivity index (χ0n) is 19.4. The van der Waals surface area contributed by atoms with Crippen molar-refractivity contribution >= 4 is 40.3 Å². The highest BCUT2D eigenvalue weighted by molar-refractivity contribution is 7.20. The van der Waals surface area contributed by atoms with Crippen LogP contribution >= 0.6 is 22.7 Å². The zero-order chi connectivity index (χ0) is 24.9. The standard InChI is InChI=1S/C25H25N7O2S2/c26-22-21(24(34)30-17-6-2-8-27-12-17)31-18(13-28-22)16-5-1-4-15(10-16)11-29-23(33)19-14-36-25(32-19)20-7-3-9-35-20/h1,3-5,7,9-10,13-14,17,27H,2,6,8,11-12H2,(H2,26,28)(H,29,33)(H,30,34)/t17-/m0/s1. The molecule has 1 aromatic carbocycles. The molecular formula is C25H25N7O2S2. The molecular weight excluding hydrogens is 494 g/mol. The number of carbonyl (C=O) groups excluding carboxylic acids is 2. The smallest absolute Gasteiger partial charge is 0.274 e. The number of nitrogens with two attached hydrogens (primary N) is 1. The summed E-state index contributed by atoms with van der Waals surface area (Å²) in [5, 5.41) is 13.8. The van der Waals surface area contributed by atoms with Crippen LogP contribution in [0.2, 0.25) is 0 Å². The highest BCUT2D eigenvalue weighted by atomic mass is 32.1. The number of nitrogens with one attached hydrogen (secondary N) is 3. The van der Waals surface area contributed by atoms with Crippen LogP contribution in [0.1, 0.15) is 39.4 Å². The molecule has 5 rings (SSSR count). The Labute approximate surface area is 216 Å². The van der Waals surface area contributed by atoms with E-state index < -0.39 is 0 Å². The molecule has 11 heteroatoms. The average molecular weight is 520 g/mol. The predicted octanol–water partition coefficient (Wildman–Crippen LogP) is 3.32. The van der Waals surface area contributed by atoms with Gasteiger partial charge in [-0.15, -0.1) is 22.7 Å². The molecule has 1 atom stereocenters. The van der Waals surface area contributed by atoms with E-state index in [4.69, 9.17) is 5.73 Å². The number of thiazole rings is 1. The van der Waals surface area contributed by atoms with Crippen LogP contribution in [0.3, 0.4) is 0 Å². The zero-order valence-corrected chi connectivity index (χ0v) is 21.0. The second-order valence-electron chi connectivity index (χ2n) is 8.40. The maximum Gasteiger partial charge on any atom is 0.274 e. The summed E-state index contributed by atoms with van der Waals surface area (Å²) in [5.41, 5.74) is 8.67. The average Bonchev–Trinajstić information content (AvgIpc) is 3.61. The largest absolute Gasteiger partial charge is 0.382 e. The van der Waals surface area contributed by atoms with Crippen LogP contribution in [-0.2, 0) is 6.54 Å². The van der Waals surface area contributed by atoms with Gasteiger partial charge in [-0.05, 0) is 42.5 Å². The molecule has 0 aliphatic carbocycles. The molecule has 9 nitrogen and oxygen atoms in total. The van der Waals surface area contributed by atoms with Crippen molar-refractivity contribution in [3.8, 4) is 21.1 Å². The lowest BCUT2D eigenvalue weighted by molar-refractivity contribution is 0.0923. The third kappa shape index (κ3) is 5.59. The van der Waals surface area contributed by atoms with Gasteiger partial charge in [0.2, 0.25) is 0 Å². The van der Waals surface area contributed by atoms with Gasteiger partial charge >= 0.3 is 0 Å². The van der Waals surface area contributed by atoms with E-state index in [-0.39, 0.29) is 29.4 Å². The monoisotopic (exact) mass is 519 g/mol. The Kier molecular flexibility index (Phi) is 7.31. The summed E-state index contributed by atoms with van der Waals surface area (Å²) < 4.78 is 0. The summed E-state index contributed by atoms with van der Waals surface area (Å²) in [6, 6.07) is 11.6. The highest BCUT2D eigenvalue weighted by Gasteiger charge is 2.20. The van der Waals surface area contributed by atoms with Crippen molar-refractivity contribution < 1.29 is 9.59 Å². The Bertz CT molecular complexity index is 1360. The molecule has 184 valence electrons. The van der Waals surface area contributed by atoms with E-state index in [2.05, 4.69) is 30.9 Å². The number of aromatic nitrogens is 3. The van der Waals surface area contributed by atoms with E-state index in [1.54, 1.807) is 22.9 Å². The van der Waals surface area contributed by atoms with Gasteiger partial charge in [-0.1, -0.05) is 24.3 Å². The van der Waals surface area contributed by atoms with Crippen LogP contribution in [-0.4, -0.2) is 45.9 Å². The molecule has 4 aromatic rings. The first kappa shape index (κ1) is 24.0. The number of anilines is 1. The van der Waals surface area contributed by atoms with E-state index in [0.29, 0.717) is 17.9 Å². The van der Waals surface area contributed by atoms with Crippen LogP contribution < -0.4 is 21.7 Å². The van der Waals surface area contributed by atoms with Gasteiger partial charge in [0.05, 0.1) is 16.8 Å². The number of piperidine rings is 1. The first-order chi connectivity index (χ1) is 17.6. The number of nitrogens with zero attached hydrogens (tertiary/aromatic N) is 3. The molecule has 0 bridgehead atoms. The lowest BCUT2D eigenvalue weighted by Crippen LogP contribution is -2.46. The van der Waals surface area contributed by atoms with Gasteiger partial charge in [-0.25, -0.2) is 15.0 Å². The van der Waals surface area contributed by atoms with Crippen molar-refractivity contribution in [3.63, 3.8) is 0 Å². The second-order valence-corrected chi connectivity index (χ2v) is 10.2. The van der Waals surface area contributed by atoms with Gasteiger partial charge < -0.3 is 21.7 Å². The summed E-state index contributed by atoms with van der Waals surface area (Å²) in [6.07, 6.45) is 3.47. The van der Waals surface area contributed by atoms with Gasteiger partial charge in [-0.2, -0.15) is 0 Å². The van der Waals surface area contributed by atoms with Gasteiger partial charge in [-0.3, -0.25) is 9.59 Å². The van der Waals surface area contributed by atoms with Crippen molar-refractivity contribution in [1.29, 1.82) is 0 Å². The summed E-state index contributed by atoms with van der Waals surface area (Å²) in [7, 11) is 0. The molecule has 0 unspecified atom stereocenters. The minimum atomic E-state index is -0.329. The number of rotatable bonds is 7. The van der Waals surface area contributed by atoms with E-state index in [1.807, 2.05) is 41.8 Å². The van der Waals surface area contributed by atoms with Crippen molar-refractivity contribution in [1.82, 2.24) is 30.9 Å². The summed E-state index contributed by atoms with van der Waals surface area (Å²) in [6.45, 7) is 2.01. The summed E-state index contributed by atoms with van der Waals surface area (Å²) in [5.74, 6) is -0.472. The van der Waals surface area contributed by atoms with Crippen molar-refractivity contribution in [2.24, 2.45) is 0 Å². The molecule has 0 saturated carbocycles. The molecule has 36 heavy (non-hydrogen) atoms. The second kappa shape index (κ2) is 10.9. The Morgan fingerprint density at radius 2 is 2.06 bits per heavy atom. The number of hydrogen-bond donors (Lipinski definition) is 4. The van der Waals surface area contributed by atoms with Crippen LogP contribution in [0.25, 0.3) is 21.1 Å². The number of benzene rings is 1. The first-order valence-corrected chi connectivity index (χ1v) is 13.3. The molecule has 3 aromatic heterocycles. The minimum absolute atomic E-state index is 0.0437. The van der Waals surface area contributed by atoms with Crippen molar-refractivity contribution in [3.05, 3.63) is 70.3 Å². The summed E-state index contributed by atoms with van der Waals surface area (Å²) in [4.78, 5) is 39.6. The topological polar surface area (TPSA) is 135 Å². The number of hydrogen-bond acceptors (Lipinski definition) is 9. The molecule has 5 N–H and O–H groups in total. The van der Waals surface area contributed by atoms with Crippen LogP contribution in [0.15, 0.2) is 53.4 Å². The minimum Gasteiger partial charge on any atom is -0.382 e. The van der Waals surface area contributed by atoms with E-state index in [9.17, 15) is 9.59 Å². The van der Waals surface area contributed by atoms with Crippen molar-refractivity contribution in [2.45, 2.75) is 25.4 Å². The molecule has 0 radical (unpaired) electrons. The number of carbonyl (C=O) groups is 2. The maximum atomic E-state index is 12.8. The van der Waals surface area contributed by atoms with E-state index >= 15 is 0 Å². The summed E-state index contributed by atoms with van der Waals surface area (Å²) >= 11 is 3.04. The number of amides is 2. The first-order valence-electron chi connectivity index (χ1n) is 11.6. The van der Waals surface area contributed by atoms with Crippen molar-refractivity contribution in [2.75, 3.05) is 18.8 Å². The Hall–Kier alpha value is -3.67. The number of nitrogen functional groups attached to an aromatic ring is 1. The molecule has 1 aliphatic rings. The lowest BCUT2D eigenvalue weighted by atomic mass is 10.1. The van der Waals surface area contributed by atoms with E-state index in [1.165, 1.54) is 11.3 Å². The van der Waals surface area contributed by atoms with Gasteiger partial charge in [0.1, 0.15) is 10.7 Å². The van der Waals surface area contributed by atoms with Crippen LogP contribution in [0.4, 0.5) is 5.82 Å². The quantitative estimate of drug-likeness (QED) is 0.294. The SMILES string of the molecule is Nc1ncc(-c2cccc(CNC(=O)c3csc(-c4cccs4)n3)c2)nc1C(=O)N[C@H]1CCCNC1. The predicted molar refractivity (Wildman–Crippen MR) is 142 cm³/mol. The molecule has 1 fully saturated rings. The molecule has 1 saturated heterocycles. The Morgan fingerprint density at radius 3 is 2.86 bits per heavy atom. The normalized spacial score (nSPS) is 15.4. The van der Waals surface area contributed by atoms with Crippen LogP contribution in [0.5, 0.6) is 0 Å². The fourth-order valence-corrected chi connectivity index (χ4v) is 5.55. The Morgan fingerprint density at radius 1 is 1.14 bits per heavy atom. The molecule has 1 aliphatic heterocycles. The van der Waals surface area contributed by atoms with Crippen LogP contribution in [0, 0.1) is 0 Å². The molecule has 2 amide bonds. The lowest BCUT2D eigenvalue weighted by Gasteiger charge is -2.23. The third-order valence-electron chi connectivity index (χ3n) is 5.79. The molecule has 4 heterocycles. The van der Waals surface area contributed by atoms with E-state index in [0.717, 1.165) is 46.9 Å². The maximum absolute atomic E-state index is 12.8. The van der Waals surface area contributed by atoms with Gasteiger partial charge in [0.15, 0.2) is 11.5 Å². The van der Waals surface area contributed by atoms with Gasteiger partial charge in [0.25, 0.3) is 11.8 Å². The highest BCUT2D eigenvalue weighted by Crippen LogP contribution is 2.28. The van der Waals surface area contributed by atoms with Gasteiger partial charge in [0, 0.05) is 30.1 Å². The number of thiophene rings is 1. The fraction of sp³-hybridized carbons (Fsp3) is 0.240.